The van der Waals surface area contributed by atoms with Gasteiger partial charge in [0.25, 0.3) is 0 Å². The zero-order valence-electron chi connectivity index (χ0n) is 8.31. The van der Waals surface area contributed by atoms with Crippen molar-refractivity contribution >= 4 is 17.4 Å². The predicted octanol–water partition coefficient (Wildman–Crippen LogP) is 4.12. The Bertz CT molecular complexity index is 435. The van der Waals surface area contributed by atoms with E-state index in [1.807, 2.05) is 0 Å². The molecule has 0 bridgehead atoms. The number of hydrogen-bond donors (Lipinski definition) is 0. The monoisotopic (exact) mass is 248 g/mol. The second kappa shape index (κ2) is 4.70. The van der Waals surface area contributed by atoms with Crippen LogP contribution in [-0.4, -0.2) is 5.78 Å². The van der Waals surface area contributed by atoms with Crippen LogP contribution in [0.25, 0.3) is 0 Å². The number of hydrogen-bond acceptors (Lipinski definition) is 1. The molecule has 0 N–H and O–H groups in total. The first kappa shape index (κ1) is 12.8. The Morgan fingerprint density at radius 1 is 1.38 bits per heavy atom. The fourth-order valence-electron chi connectivity index (χ4n) is 1.21. The SMILES string of the molecule is CC=CC(=O)c1ccc(Cl)cc1C(F)(F)F. The van der Waals surface area contributed by atoms with E-state index in [1.165, 1.54) is 12.1 Å². The lowest BCUT2D eigenvalue weighted by Gasteiger charge is -2.11. The lowest BCUT2D eigenvalue weighted by atomic mass is 10.0. The van der Waals surface area contributed by atoms with Crippen molar-refractivity contribution in [1.82, 2.24) is 0 Å². The van der Waals surface area contributed by atoms with E-state index in [2.05, 4.69) is 0 Å². The molecular formula is C11H8ClF3O. The van der Waals surface area contributed by atoms with Crippen LogP contribution in [0.5, 0.6) is 0 Å². The van der Waals surface area contributed by atoms with Gasteiger partial charge in [-0.2, -0.15) is 13.2 Å². The zero-order chi connectivity index (χ0) is 12.3. The van der Waals surface area contributed by atoms with Crippen molar-refractivity contribution in [2.75, 3.05) is 0 Å². The first-order valence-electron chi connectivity index (χ1n) is 4.40. The number of alkyl halides is 3. The average molecular weight is 249 g/mol. The summed E-state index contributed by atoms with van der Waals surface area (Å²) >= 11 is 5.48. The van der Waals surface area contributed by atoms with Gasteiger partial charge >= 0.3 is 6.18 Å². The van der Waals surface area contributed by atoms with Crippen LogP contribution in [0.4, 0.5) is 13.2 Å². The second-order valence-corrected chi connectivity index (χ2v) is 3.49. The molecule has 0 spiro atoms. The van der Waals surface area contributed by atoms with Crippen LogP contribution < -0.4 is 0 Å². The topological polar surface area (TPSA) is 17.1 Å². The van der Waals surface area contributed by atoms with Gasteiger partial charge in [-0.05, 0) is 31.2 Å². The molecule has 0 aromatic heterocycles. The molecule has 0 amide bonds. The summed E-state index contributed by atoms with van der Waals surface area (Å²) in [6.45, 7) is 1.56. The minimum Gasteiger partial charge on any atom is -0.289 e. The number of carbonyl (C=O) groups is 1. The highest BCUT2D eigenvalue weighted by Gasteiger charge is 2.34. The van der Waals surface area contributed by atoms with E-state index in [1.54, 1.807) is 6.92 Å². The van der Waals surface area contributed by atoms with Crippen LogP contribution >= 0.6 is 11.6 Å². The van der Waals surface area contributed by atoms with E-state index in [9.17, 15) is 18.0 Å². The molecule has 0 unspecified atom stereocenters. The molecule has 0 atom stereocenters. The fraction of sp³-hybridized carbons (Fsp3) is 0.182. The van der Waals surface area contributed by atoms with Crippen LogP contribution in [0.2, 0.25) is 5.02 Å². The number of carbonyl (C=O) groups excluding carboxylic acids is 1. The molecule has 0 aliphatic carbocycles. The van der Waals surface area contributed by atoms with Crippen molar-refractivity contribution < 1.29 is 18.0 Å². The van der Waals surface area contributed by atoms with Crippen LogP contribution in [0.15, 0.2) is 30.4 Å². The Morgan fingerprint density at radius 2 is 2.00 bits per heavy atom. The highest BCUT2D eigenvalue weighted by Crippen LogP contribution is 2.34. The summed E-state index contributed by atoms with van der Waals surface area (Å²) in [4.78, 5) is 11.4. The quantitative estimate of drug-likeness (QED) is 0.568. The summed E-state index contributed by atoms with van der Waals surface area (Å²) < 4.78 is 37.8. The Kier molecular flexibility index (Phi) is 3.75. The first-order valence-corrected chi connectivity index (χ1v) is 4.78. The largest absolute Gasteiger partial charge is 0.417 e. The highest BCUT2D eigenvalue weighted by atomic mass is 35.5. The molecule has 0 aliphatic rings. The Morgan fingerprint density at radius 3 is 2.50 bits per heavy atom. The second-order valence-electron chi connectivity index (χ2n) is 3.05. The van der Waals surface area contributed by atoms with Gasteiger partial charge in [-0.3, -0.25) is 4.79 Å². The molecule has 5 heteroatoms. The third kappa shape index (κ3) is 2.85. The molecular weight excluding hydrogens is 241 g/mol. The Labute approximate surface area is 95.5 Å². The number of allylic oxidation sites excluding steroid dienone is 2. The maximum atomic E-state index is 12.6. The van der Waals surface area contributed by atoms with Gasteiger partial charge < -0.3 is 0 Å². The fourth-order valence-corrected chi connectivity index (χ4v) is 1.38. The van der Waals surface area contributed by atoms with Crippen molar-refractivity contribution in [2.45, 2.75) is 13.1 Å². The first-order chi connectivity index (χ1) is 7.36. The van der Waals surface area contributed by atoms with E-state index in [4.69, 9.17) is 11.6 Å². The number of benzene rings is 1. The van der Waals surface area contributed by atoms with E-state index in [-0.39, 0.29) is 5.02 Å². The lowest BCUT2D eigenvalue weighted by Crippen LogP contribution is -2.12. The van der Waals surface area contributed by atoms with Crippen LogP contribution in [-0.2, 0) is 6.18 Å². The van der Waals surface area contributed by atoms with Gasteiger partial charge in [0.05, 0.1) is 5.56 Å². The summed E-state index contributed by atoms with van der Waals surface area (Å²) in [5.74, 6) is -0.688. The lowest BCUT2D eigenvalue weighted by molar-refractivity contribution is -0.137. The van der Waals surface area contributed by atoms with Gasteiger partial charge in [0.2, 0.25) is 0 Å². The minimum atomic E-state index is -4.59. The summed E-state index contributed by atoms with van der Waals surface area (Å²) in [7, 11) is 0. The Balaban J connectivity index is 3.34. The molecule has 0 heterocycles. The van der Waals surface area contributed by atoms with Crippen molar-refractivity contribution in [2.24, 2.45) is 0 Å². The molecule has 0 saturated carbocycles. The van der Waals surface area contributed by atoms with E-state index in [0.717, 1.165) is 18.2 Å². The molecule has 0 saturated heterocycles. The molecule has 86 valence electrons. The van der Waals surface area contributed by atoms with Crippen molar-refractivity contribution in [1.29, 1.82) is 0 Å². The van der Waals surface area contributed by atoms with E-state index >= 15 is 0 Å². The normalized spacial score (nSPS) is 12.1. The van der Waals surface area contributed by atoms with Crippen LogP contribution in [0, 0.1) is 0 Å². The molecule has 1 rings (SSSR count). The van der Waals surface area contributed by atoms with Gasteiger partial charge in [-0.25, -0.2) is 0 Å². The zero-order valence-corrected chi connectivity index (χ0v) is 9.06. The average Bonchev–Trinajstić information content (AvgIpc) is 2.16. The standard InChI is InChI=1S/C11H8ClF3O/c1-2-3-10(16)8-5-4-7(12)6-9(8)11(13,14)15/h2-6H,1H3. The molecule has 0 fully saturated rings. The Hall–Kier alpha value is -1.29. The van der Waals surface area contributed by atoms with E-state index < -0.39 is 23.1 Å². The third-order valence-corrected chi connectivity index (χ3v) is 2.11. The summed E-state index contributed by atoms with van der Waals surface area (Å²) in [6.07, 6.45) is -2.12. The van der Waals surface area contributed by atoms with E-state index in [0.29, 0.717) is 0 Å². The molecule has 16 heavy (non-hydrogen) atoms. The maximum Gasteiger partial charge on any atom is 0.417 e. The summed E-state index contributed by atoms with van der Waals surface area (Å²) in [5.41, 5.74) is -1.40. The van der Waals surface area contributed by atoms with Crippen LogP contribution in [0.3, 0.4) is 0 Å². The number of halogens is 4. The summed E-state index contributed by atoms with van der Waals surface area (Å²) in [5, 5.41) is -0.0515. The van der Waals surface area contributed by atoms with Gasteiger partial charge in [0.15, 0.2) is 5.78 Å². The minimum absolute atomic E-state index is 0.0515. The molecule has 1 nitrogen and oxygen atoms in total. The molecule has 1 aromatic carbocycles. The van der Waals surface area contributed by atoms with Crippen LogP contribution in [0.1, 0.15) is 22.8 Å². The van der Waals surface area contributed by atoms with Gasteiger partial charge in [-0.1, -0.05) is 17.7 Å². The maximum absolute atomic E-state index is 12.6. The number of rotatable bonds is 2. The van der Waals surface area contributed by atoms with Crippen molar-refractivity contribution in [3.05, 3.63) is 46.5 Å². The summed E-state index contributed by atoms with van der Waals surface area (Å²) in [6, 6.07) is 3.08. The van der Waals surface area contributed by atoms with Gasteiger partial charge in [-0.15, -0.1) is 0 Å². The van der Waals surface area contributed by atoms with Gasteiger partial charge in [0.1, 0.15) is 0 Å². The number of ketones is 1. The molecule has 0 radical (unpaired) electrons. The molecule has 1 aromatic rings. The van der Waals surface area contributed by atoms with Crippen molar-refractivity contribution in [3.8, 4) is 0 Å². The highest BCUT2D eigenvalue weighted by molar-refractivity contribution is 6.30. The predicted molar refractivity (Wildman–Crippen MR) is 55.6 cm³/mol. The van der Waals surface area contributed by atoms with Gasteiger partial charge in [0, 0.05) is 10.6 Å². The molecule has 0 aliphatic heterocycles. The van der Waals surface area contributed by atoms with Crippen molar-refractivity contribution in [3.63, 3.8) is 0 Å². The third-order valence-electron chi connectivity index (χ3n) is 1.87. The smallest absolute Gasteiger partial charge is 0.289 e.